The number of ketones is 2. The first kappa shape index (κ1) is 21.8. The predicted molar refractivity (Wildman–Crippen MR) is 121 cm³/mol. The van der Waals surface area contributed by atoms with E-state index >= 15 is 0 Å². The number of carbonyl (C=O) groups is 2. The van der Waals surface area contributed by atoms with Gasteiger partial charge in [-0.25, -0.2) is 0 Å². The zero-order chi connectivity index (χ0) is 22.0. The third-order valence-electron chi connectivity index (χ3n) is 10.5. The Morgan fingerprint density at radius 3 is 2.48 bits per heavy atom. The molecule has 0 bridgehead atoms. The largest absolute Gasteiger partial charge is 0.381 e. The standard InChI is InChI=1S/C26H40N2O3/c1-24-9-6-19(29)16-18(24)4-5-20-21(24)7-10-25(2)22(20)8-11-26(25,31)23(30)17-28-14-12-27(3)13-15-28/h16,20-22,31H,4-15,17H2,1-3H3/t20-,21+,22+,24+,25+,26+/m1/s1. The molecule has 31 heavy (non-hydrogen) atoms. The van der Waals surface area contributed by atoms with Crippen LogP contribution in [0.2, 0.25) is 0 Å². The maximum atomic E-state index is 13.5. The first-order valence-corrected chi connectivity index (χ1v) is 12.6. The first-order chi connectivity index (χ1) is 14.7. The summed E-state index contributed by atoms with van der Waals surface area (Å²) < 4.78 is 0. The van der Waals surface area contributed by atoms with E-state index in [-0.39, 0.29) is 16.6 Å². The molecule has 4 fully saturated rings. The second-order valence-electron chi connectivity index (χ2n) is 11.8. The Morgan fingerprint density at radius 1 is 1.03 bits per heavy atom. The second kappa shape index (κ2) is 7.50. The van der Waals surface area contributed by atoms with Gasteiger partial charge < -0.3 is 10.0 Å². The molecular weight excluding hydrogens is 388 g/mol. The van der Waals surface area contributed by atoms with E-state index in [0.29, 0.717) is 42.9 Å². The Kier molecular flexibility index (Phi) is 5.27. The van der Waals surface area contributed by atoms with Gasteiger partial charge in [-0.1, -0.05) is 19.4 Å². The molecule has 6 atom stereocenters. The quantitative estimate of drug-likeness (QED) is 0.749. The van der Waals surface area contributed by atoms with E-state index in [2.05, 4.69) is 30.7 Å². The molecule has 1 N–H and O–H groups in total. The van der Waals surface area contributed by atoms with E-state index in [1.807, 2.05) is 6.08 Å². The van der Waals surface area contributed by atoms with Crippen LogP contribution in [0.1, 0.15) is 65.2 Å². The van der Waals surface area contributed by atoms with Crippen LogP contribution in [0.15, 0.2) is 11.6 Å². The summed E-state index contributed by atoms with van der Waals surface area (Å²) in [5, 5.41) is 11.9. The number of hydrogen-bond acceptors (Lipinski definition) is 5. The fourth-order valence-corrected chi connectivity index (χ4v) is 8.37. The molecule has 5 aliphatic rings. The van der Waals surface area contributed by atoms with Crippen molar-refractivity contribution in [2.24, 2.45) is 28.6 Å². The lowest BCUT2D eigenvalue weighted by atomic mass is 9.46. The highest BCUT2D eigenvalue weighted by Crippen LogP contribution is 2.67. The molecule has 5 nitrogen and oxygen atoms in total. The summed E-state index contributed by atoms with van der Waals surface area (Å²) in [6, 6.07) is 0. The van der Waals surface area contributed by atoms with E-state index in [0.717, 1.165) is 64.7 Å². The molecule has 0 radical (unpaired) electrons. The minimum atomic E-state index is -1.18. The SMILES string of the molecule is CN1CCN(CC(=O)[C@@]2(O)CC[C@H]3[C@@H]4CCC5=CC(=O)CC[C@]5(C)[C@H]4CC[C@@]32C)CC1. The number of nitrogens with zero attached hydrogens (tertiary/aromatic N) is 2. The van der Waals surface area contributed by atoms with Crippen molar-refractivity contribution in [1.29, 1.82) is 0 Å². The third-order valence-corrected chi connectivity index (χ3v) is 10.5. The molecule has 0 aromatic carbocycles. The van der Waals surface area contributed by atoms with Crippen molar-refractivity contribution in [2.45, 2.75) is 70.8 Å². The fraction of sp³-hybridized carbons (Fsp3) is 0.846. The highest BCUT2D eigenvalue weighted by atomic mass is 16.3. The molecule has 172 valence electrons. The van der Waals surface area contributed by atoms with Gasteiger partial charge in [0.05, 0.1) is 6.54 Å². The number of aliphatic hydroxyl groups is 1. The van der Waals surface area contributed by atoms with Gasteiger partial charge in [0, 0.05) is 38.0 Å². The van der Waals surface area contributed by atoms with Crippen LogP contribution in [0.4, 0.5) is 0 Å². The van der Waals surface area contributed by atoms with Crippen molar-refractivity contribution in [3.05, 3.63) is 11.6 Å². The highest BCUT2D eigenvalue weighted by molar-refractivity contribution is 5.92. The van der Waals surface area contributed by atoms with Crippen LogP contribution in [0.5, 0.6) is 0 Å². The van der Waals surface area contributed by atoms with E-state index in [1.54, 1.807) is 0 Å². The topological polar surface area (TPSA) is 60.9 Å². The lowest BCUT2D eigenvalue weighted by molar-refractivity contribution is -0.163. The number of hydrogen-bond donors (Lipinski definition) is 1. The van der Waals surface area contributed by atoms with E-state index < -0.39 is 5.60 Å². The second-order valence-corrected chi connectivity index (χ2v) is 11.8. The van der Waals surface area contributed by atoms with Gasteiger partial charge in [0.15, 0.2) is 11.6 Å². The lowest BCUT2D eigenvalue weighted by Gasteiger charge is -2.59. The van der Waals surface area contributed by atoms with Gasteiger partial charge in [-0.05, 0) is 81.2 Å². The molecule has 0 aromatic heterocycles. The number of Topliss-reactive ketones (excluding diaryl/α,β-unsaturated/α-hetero) is 1. The third kappa shape index (κ3) is 3.21. The van der Waals surface area contributed by atoms with Crippen molar-refractivity contribution in [3.63, 3.8) is 0 Å². The van der Waals surface area contributed by atoms with Crippen molar-refractivity contribution >= 4 is 11.6 Å². The molecule has 0 aromatic rings. The molecule has 0 spiro atoms. The summed E-state index contributed by atoms with van der Waals surface area (Å²) in [6.45, 7) is 8.82. The molecule has 3 saturated carbocycles. The first-order valence-electron chi connectivity index (χ1n) is 12.6. The van der Waals surface area contributed by atoms with Gasteiger partial charge in [0.25, 0.3) is 0 Å². The summed E-state index contributed by atoms with van der Waals surface area (Å²) >= 11 is 0. The van der Waals surface area contributed by atoms with Crippen LogP contribution in [-0.4, -0.2) is 71.8 Å². The average molecular weight is 429 g/mol. The number of likely N-dealkylation sites (N-methyl/N-ethyl adjacent to an activating group) is 1. The zero-order valence-electron chi connectivity index (χ0n) is 19.7. The van der Waals surface area contributed by atoms with E-state index in [1.165, 1.54) is 5.57 Å². The molecule has 5 rings (SSSR count). The Hall–Kier alpha value is -1.04. The van der Waals surface area contributed by atoms with Gasteiger partial charge in [0.1, 0.15) is 5.60 Å². The van der Waals surface area contributed by atoms with Gasteiger partial charge >= 0.3 is 0 Å². The van der Waals surface area contributed by atoms with Gasteiger partial charge in [-0.15, -0.1) is 0 Å². The maximum absolute atomic E-state index is 13.5. The van der Waals surface area contributed by atoms with E-state index in [9.17, 15) is 14.7 Å². The molecule has 1 saturated heterocycles. The average Bonchev–Trinajstić information content (AvgIpc) is 3.02. The van der Waals surface area contributed by atoms with Crippen molar-refractivity contribution in [1.82, 2.24) is 9.80 Å². The van der Waals surface area contributed by atoms with Crippen molar-refractivity contribution in [2.75, 3.05) is 39.8 Å². The molecule has 0 amide bonds. The van der Waals surface area contributed by atoms with Gasteiger partial charge in [-0.2, -0.15) is 0 Å². The summed E-state index contributed by atoms with van der Waals surface area (Å²) in [5.41, 5.74) is 0.0433. The smallest absolute Gasteiger partial charge is 0.178 e. The fourth-order valence-electron chi connectivity index (χ4n) is 8.37. The number of rotatable bonds is 3. The van der Waals surface area contributed by atoms with Gasteiger partial charge in [-0.3, -0.25) is 14.5 Å². The highest BCUT2D eigenvalue weighted by Gasteiger charge is 2.66. The number of fused-ring (bicyclic) bond motifs is 5. The predicted octanol–water partition coefficient (Wildman–Crippen LogP) is 3.07. The van der Waals surface area contributed by atoms with Crippen LogP contribution in [-0.2, 0) is 9.59 Å². The summed E-state index contributed by atoms with van der Waals surface area (Å²) in [7, 11) is 2.13. The Labute approximate surface area is 187 Å². The molecule has 4 aliphatic carbocycles. The lowest BCUT2D eigenvalue weighted by Crippen LogP contribution is -2.59. The molecule has 1 heterocycles. The van der Waals surface area contributed by atoms with Crippen LogP contribution < -0.4 is 0 Å². The minimum Gasteiger partial charge on any atom is -0.381 e. The maximum Gasteiger partial charge on any atom is 0.178 e. The Balaban J connectivity index is 1.36. The normalized spacial score (nSPS) is 46.1. The zero-order valence-corrected chi connectivity index (χ0v) is 19.7. The molecule has 5 heteroatoms. The molecule has 0 unspecified atom stereocenters. The molecular formula is C26H40N2O3. The Bertz CT molecular complexity index is 800. The van der Waals surface area contributed by atoms with Crippen LogP contribution in [0, 0.1) is 28.6 Å². The summed E-state index contributed by atoms with van der Waals surface area (Å²) in [4.78, 5) is 30.1. The number of allylic oxidation sites excluding steroid dienone is 1. The van der Waals surface area contributed by atoms with Crippen LogP contribution in [0.25, 0.3) is 0 Å². The number of carbonyl (C=O) groups excluding carboxylic acids is 2. The van der Waals surface area contributed by atoms with E-state index in [4.69, 9.17) is 0 Å². The monoisotopic (exact) mass is 428 g/mol. The van der Waals surface area contributed by atoms with Crippen molar-refractivity contribution < 1.29 is 14.7 Å². The van der Waals surface area contributed by atoms with Crippen LogP contribution >= 0.6 is 0 Å². The van der Waals surface area contributed by atoms with Gasteiger partial charge in [0.2, 0.25) is 0 Å². The van der Waals surface area contributed by atoms with Crippen molar-refractivity contribution in [3.8, 4) is 0 Å². The molecule has 1 aliphatic heterocycles. The minimum absolute atomic E-state index is 0.0615. The Morgan fingerprint density at radius 2 is 1.74 bits per heavy atom. The summed E-state index contributed by atoms with van der Waals surface area (Å²) in [5.74, 6) is 1.94. The summed E-state index contributed by atoms with van der Waals surface area (Å²) in [6.07, 6.45) is 9.35. The van der Waals surface area contributed by atoms with Crippen LogP contribution in [0.3, 0.4) is 0 Å². The number of piperazine rings is 1.